The van der Waals surface area contributed by atoms with E-state index in [0.29, 0.717) is 0 Å². The van der Waals surface area contributed by atoms with Crippen LogP contribution >= 0.6 is 9.24 Å². The van der Waals surface area contributed by atoms with Crippen molar-refractivity contribution in [3.8, 4) is 17.1 Å². The lowest BCUT2D eigenvalue weighted by Crippen LogP contribution is -2.31. The van der Waals surface area contributed by atoms with Gasteiger partial charge >= 0.3 is 5.85 Å². The topological polar surface area (TPSA) is 30.3 Å². The van der Waals surface area contributed by atoms with Gasteiger partial charge in [-0.05, 0) is 49.8 Å². The van der Waals surface area contributed by atoms with Crippen molar-refractivity contribution in [1.29, 1.82) is 0 Å². The van der Waals surface area contributed by atoms with Gasteiger partial charge < -0.3 is 9.30 Å². The van der Waals surface area contributed by atoms with E-state index in [1.165, 1.54) is 31.3 Å². The van der Waals surface area contributed by atoms with Gasteiger partial charge in [0.1, 0.15) is 11.6 Å². The lowest BCUT2D eigenvalue weighted by atomic mass is 10.0. The van der Waals surface area contributed by atoms with Gasteiger partial charge in [-0.25, -0.2) is 4.98 Å². The highest BCUT2D eigenvalue weighted by molar-refractivity contribution is 7.17. The molecule has 4 aromatic rings. The Labute approximate surface area is 188 Å². The van der Waals surface area contributed by atoms with Crippen molar-refractivity contribution in [3.05, 3.63) is 83.7 Å². The molecule has 0 radical (unpaired) electrons. The van der Waals surface area contributed by atoms with Crippen LogP contribution in [0.3, 0.4) is 0 Å². The quantitative estimate of drug-likeness (QED) is 0.370. The number of imidazole rings is 1. The summed E-state index contributed by atoms with van der Waals surface area (Å²) in [4.78, 5) is 7.31. The molecule has 3 aromatic carbocycles. The van der Waals surface area contributed by atoms with Gasteiger partial charge in [0.25, 0.3) is 0 Å². The molecule has 4 nitrogen and oxygen atoms in total. The van der Waals surface area contributed by atoms with Crippen LogP contribution in [0, 0.1) is 0 Å². The molecular weight excluding hydrogens is 427 g/mol. The van der Waals surface area contributed by atoms with Gasteiger partial charge in [-0.2, -0.15) is 8.78 Å². The SMILES string of the molecule is Cn1c(-c2ccc(OC(F)(F)P)cc2)nc2c1CN(Cc1cccc3ccccc13)CC2. The van der Waals surface area contributed by atoms with E-state index in [2.05, 4.69) is 56.7 Å². The highest BCUT2D eigenvalue weighted by Gasteiger charge is 2.25. The van der Waals surface area contributed by atoms with Gasteiger partial charge in [0.2, 0.25) is 0 Å². The van der Waals surface area contributed by atoms with E-state index in [-0.39, 0.29) is 5.75 Å². The van der Waals surface area contributed by atoms with E-state index >= 15 is 0 Å². The first kappa shape index (κ1) is 21.0. The van der Waals surface area contributed by atoms with Crippen LogP contribution in [0.5, 0.6) is 5.75 Å². The maximum absolute atomic E-state index is 13.0. The molecule has 7 heteroatoms. The second-order valence-electron chi connectivity index (χ2n) is 8.17. The Morgan fingerprint density at radius 3 is 2.56 bits per heavy atom. The summed E-state index contributed by atoms with van der Waals surface area (Å²) >= 11 is 0. The number of hydrogen-bond donors (Lipinski definition) is 0. The van der Waals surface area contributed by atoms with Crippen molar-refractivity contribution < 1.29 is 13.5 Å². The zero-order chi connectivity index (χ0) is 22.3. The van der Waals surface area contributed by atoms with Crippen molar-refractivity contribution >= 4 is 20.0 Å². The van der Waals surface area contributed by atoms with Gasteiger partial charge in [-0.1, -0.05) is 42.5 Å². The molecular formula is C25H24F2N3OP. The van der Waals surface area contributed by atoms with Crippen LogP contribution in [0.15, 0.2) is 66.7 Å². The summed E-state index contributed by atoms with van der Waals surface area (Å²) < 4.78 is 32.8. The average Bonchev–Trinajstić information content (AvgIpc) is 3.10. The molecule has 2 heterocycles. The third-order valence-corrected chi connectivity index (χ3v) is 6.09. The first-order valence-electron chi connectivity index (χ1n) is 10.6. The van der Waals surface area contributed by atoms with E-state index in [0.717, 1.165) is 43.1 Å². The highest BCUT2D eigenvalue weighted by Crippen LogP contribution is 2.31. The summed E-state index contributed by atoms with van der Waals surface area (Å²) in [6.45, 7) is 2.65. The van der Waals surface area contributed by atoms with E-state index in [9.17, 15) is 8.78 Å². The number of alkyl halides is 2. The molecule has 0 saturated carbocycles. The van der Waals surface area contributed by atoms with Gasteiger partial charge in [0, 0.05) is 38.7 Å². The lowest BCUT2D eigenvalue weighted by molar-refractivity contribution is -0.0892. The van der Waals surface area contributed by atoms with Crippen LogP contribution in [-0.4, -0.2) is 26.8 Å². The van der Waals surface area contributed by atoms with E-state index in [1.807, 2.05) is 7.05 Å². The smallest absolute Gasteiger partial charge is 0.408 e. The van der Waals surface area contributed by atoms with Crippen LogP contribution in [0.1, 0.15) is 17.0 Å². The number of nitrogens with zero attached hydrogens (tertiary/aromatic N) is 3. The largest absolute Gasteiger partial charge is 0.430 e. The minimum absolute atomic E-state index is 0.119. The molecule has 0 N–H and O–H groups in total. The van der Waals surface area contributed by atoms with Crippen molar-refractivity contribution in [2.24, 2.45) is 7.05 Å². The van der Waals surface area contributed by atoms with Crippen LogP contribution in [-0.2, 0) is 26.6 Å². The number of hydrogen-bond acceptors (Lipinski definition) is 3. The molecule has 1 aromatic heterocycles. The minimum Gasteiger partial charge on any atom is -0.430 e. The summed E-state index contributed by atoms with van der Waals surface area (Å²) in [6.07, 6.45) is 0.883. The summed E-state index contributed by atoms with van der Waals surface area (Å²) in [5, 5.41) is 2.56. The Balaban J connectivity index is 1.37. The molecule has 0 bridgehead atoms. The number of rotatable bonds is 5. The van der Waals surface area contributed by atoms with Crippen LogP contribution < -0.4 is 4.74 Å². The predicted octanol–water partition coefficient (Wildman–Crippen LogP) is 5.60. The second kappa shape index (κ2) is 8.27. The summed E-state index contributed by atoms with van der Waals surface area (Å²) in [7, 11) is 3.40. The Kier molecular flexibility index (Phi) is 5.44. The average molecular weight is 451 g/mol. The Hall–Kier alpha value is -2.82. The predicted molar refractivity (Wildman–Crippen MR) is 126 cm³/mol. The van der Waals surface area contributed by atoms with Crippen LogP contribution in [0.4, 0.5) is 8.78 Å². The van der Waals surface area contributed by atoms with Crippen LogP contribution in [0.25, 0.3) is 22.2 Å². The number of halogens is 2. The van der Waals surface area contributed by atoms with Crippen LogP contribution in [0.2, 0.25) is 0 Å². The Bertz CT molecular complexity index is 1260. The minimum atomic E-state index is -3.28. The molecule has 0 amide bonds. The van der Waals surface area contributed by atoms with E-state index in [4.69, 9.17) is 4.98 Å². The molecule has 1 atom stereocenters. The first-order valence-corrected chi connectivity index (χ1v) is 11.1. The molecule has 0 spiro atoms. The Morgan fingerprint density at radius 1 is 1.03 bits per heavy atom. The highest BCUT2D eigenvalue weighted by atomic mass is 31.0. The van der Waals surface area contributed by atoms with Crippen molar-refractivity contribution in [1.82, 2.24) is 14.5 Å². The number of ether oxygens (including phenoxy) is 1. The molecule has 32 heavy (non-hydrogen) atoms. The lowest BCUT2D eigenvalue weighted by Gasteiger charge is -2.27. The standard InChI is InChI=1S/C25H24F2N3OP/c1-29-23-16-30(15-19-7-4-6-17-5-2-3-8-21(17)19)14-13-22(23)28-24(29)18-9-11-20(12-10-18)31-25(26,27)32/h2-12H,13-16,32H2,1H3. The molecule has 164 valence electrons. The Morgan fingerprint density at radius 2 is 1.78 bits per heavy atom. The van der Waals surface area contributed by atoms with Gasteiger partial charge in [-0.3, -0.25) is 4.90 Å². The summed E-state index contributed by atoms with van der Waals surface area (Å²) in [6, 6.07) is 21.6. The van der Waals surface area contributed by atoms with Gasteiger partial charge in [0.05, 0.1) is 11.4 Å². The zero-order valence-electron chi connectivity index (χ0n) is 17.8. The first-order chi connectivity index (χ1) is 15.4. The number of aromatic nitrogens is 2. The molecule has 0 aliphatic carbocycles. The molecule has 0 fully saturated rings. The monoisotopic (exact) mass is 451 g/mol. The van der Waals surface area contributed by atoms with E-state index < -0.39 is 5.85 Å². The van der Waals surface area contributed by atoms with Gasteiger partial charge in [-0.15, -0.1) is 0 Å². The normalized spacial score (nSPS) is 14.5. The molecule has 5 rings (SSSR count). The molecule has 1 aliphatic rings. The van der Waals surface area contributed by atoms with Gasteiger partial charge in [0.15, 0.2) is 0 Å². The third-order valence-electron chi connectivity index (χ3n) is 5.98. The maximum atomic E-state index is 13.0. The zero-order valence-corrected chi connectivity index (χ0v) is 18.9. The fraction of sp³-hybridized carbons (Fsp3) is 0.240. The molecule has 1 unspecified atom stereocenters. The fourth-order valence-corrected chi connectivity index (χ4v) is 4.57. The van der Waals surface area contributed by atoms with Crippen molar-refractivity contribution in [2.75, 3.05) is 6.54 Å². The summed E-state index contributed by atoms with van der Waals surface area (Å²) in [5.74, 6) is -2.32. The van der Waals surface area contributed by atoms with Crippen molar-refractivity contribution in [2.45, 2.75) is 25.4 Å². The number of benzene rings is 3. The fourth-order valence-electron chi connectivity index (χ4n) is 4.43. The maximum Gasteiger partial charge on any atom is 0.408 e. The summed E-state index contributed by atoms with van der Waals surface area (Å²) in [5.41, 5.74) is 4.51. The number of fused-ring (bicyclic) bond motifs is 2. The second-order valence-corrected chi connectivity index (χ2v) is 8.85. The third kappa shape index (κ3) is 4.25. The molecule has 1 aliphatic heterocycles. The molecule has 0 saturated heterocycles. The van der Waals surface area contributed by atoms with Crippen molar-refractivity contribution in [3.63, 3.8) is 0 Å². The van der Waals surface area contributed by atoms with E-state index in [1.54, 1.807) is 24.3 Å².